The minimum Gasteiger partial charge on any atom is -0.410 e. The van der Waals surface area contributed by atoms with E-state index in [-0.39, 0.29) is 17.9 Å². The second kappa shape index (κ2) is 4.37. The van der Waals surface area contributed by atoms with Gasteiger partial charge in [-0.3, -0.25) is 0 Å². The van der Waals surface area contributed by atoms with Crippen LogP contribution in [0, 0.1) is 5.41 Å². The van der Waals surface area contributed by atoms with Crippen molar-refractivity contribution >= 4 is 8.32 Å². The number of hydrogen-bond acceptors (Lipinski definition) is 1. The van der Waals surface area contributed by atoms with Gasteiger partial charge in [0.15, 0.2) is 8.32 Å². The lowest BCUT2D eigenvalue weighted by Gasteiger charge is -2.41. The maximum Gasteiger partial charge on any atom is 0.397 e. The van der Waals surface area contributed by atoms with Crippen molar-refractivity contribution in [2.24, 2.45) is 5.41 Å². The summed E-state index contributed by atoms with van der Waals surface area (Å²) in [6.07, 6.45) is -3.46. The molecule has 0 aromatic heterocycles. The molecular formula is C13H23F3OSi. The SMILES string of the molecule is C=CC(O[Si](C)(C)C(C)(C)C)C1(C(F)(F)F)CC1. The Hall–Kier alpha value is -0.293. The van der Waals surface area contributed by atoms with E-state index in [9.17, 15) is 13.2 Å². The van der Waals surface area contributed by atoms with Crippen LogP contribution in [-0.4, -0.2) is 20.6 Å². The Bertz CT molecular complexity index is 324. The van der Waals surface area contributed by atoms with E-state index >= 15 is 0 Å². The first-order chi connectivity index (χ1) is 7.87. The Morgan fingerprint density at radius 3 is 1.89 bits per heavy atom. The zero-order chi connectivity index (χ0) is 14.4. The van der Waals surface area contributed by atoms with Gasteiger partial charge in [0.2, 0.25) is 0 Å². The van der Waals surface area contributed by atoms with Gasteiger partial charge < -0.3 is 4.43 Å². The van der Waals surface area contributed by atoms with Gasteiger partial charge in [0, 0.05) is 0 Å². The molecule has 1 rings (SSSR count). The molecule has 0 amide bonds. The lowest BCUT2D eigenvalue weighted by molar-refractivity contribution is -0.205. The molecule has 1 atom stereocenters. The zero-order valence-corrected chi connectivity index (χ0v) is 12.8. The van der Waals surface area contributed by atoms with Gasteiger partial charge in [-0.15, -0.1) is 6.58 Å². The highest BCUT2D eigenvalue weighted by atomic mass is 28.4. The van der Waals surface area contributed by atoms with E-state index in [4.69, 9.17) is 4.43 Å². The molecule has 1 aliphatic carbocycles. The first-order valence-corrected chi connectivity index (χ1v) is 9.15. The highest BCUT2D eigenvalue weighted by molar-refractivity contribution is 6.74. The molecular weight excluding hydrogens is 257 g/mol. The number of rotatable bonds is 4. The van der Waals surface area contributed by atoms with E-state index in [1.807, 2.05) is 33.9 Å². The van der Waals surface area contributed by atoms with Gasteiger partial charge in [-0.1, -0.05) is 26.8 Å². The minimum atomic E-state index is -4.20. The van der Waals surface area contributed by atoms with Crippen LogP contribution in [0.15, 0.2) is 12.7 Å². The van der Waals surface area contributed by atoms with E-state index in [2.05, 4.69) is 6.58 Å². The third-order valence-corrected chi connectivity index (χ3v) is 8.80. The van der Waals surface area contributed by atoms with Crippen molar-refractivity contribution in [2.45, 2.75) is 64.0 Å². The second-order valence-corrected chi connectivity index (χ2v) is 11.4. The maximum atomic E-state index is 13.1. The minimum absolute atomic E-state index is 0.101. The zero-order valence-electron chi connectivity index (χ0n) is 11.8. The fourth-order valence-corrected chi connectivity index (χ4v) is 3.05. The third-order valence-electron chi connectivity index (χ3n) is 4.34. The summed E-state index contributed by atoms with van der Waals surface area (Å²) >= 11 is 0. The van der Waals surface area contributed by atoms with Crippen LogP contribution in [-0.2, 0) is 4.43 Å². The summed E-state index contributed by atoms with van der Waals surface area (Å²) in [4.78, 5) is 0. The molecule has 1 aliphatic rings. The Kier molecular flexibility index (Phi) is 3.83. The van der Waals surface area contributed by atoms with E-state index in [0.29, 0.717) is 0 Å². The number of hydrogen-bond donors (Lipinski definition) is 0. The van der Waals surface area contributed by atoms with Crippen molar-refractivity contribution in [1.29, 1.82) is 0 Å². The number of alkyl halides is 3. The third kappa shape index (κ3) is 2.66. The quantitative estimate of drug-likeness (QED) is 0.525. The molecule has 0 aliphatic heterocycles. The lowest BCUT2D eigenvalue weighted by atomic mass is 9.99. The molecule has 1 saturated carbocycles. The predicted octanol–water partition coefficient (Wildman–Crippen LogP) is 4.91. The smallest absolute Gasteiger partial charge is 0.397 e. The van der Waals surface area contributed by atoms with Crippen LogP contribution in [0.4, 0.5) is 13.2 Å². The monoisotopic (exact) mass is 280 g/mol. The topological polar surface area (TPSA) is 9.23 Å². The molecule has 1 nitrogen and oxygen atoms in total. The Morgan fingerprint density at radius 1 is 1.22 bits per heavy atom. The molecule has 0 N–H and O–H groups in total. The fourth-order valence-electron chi connectivity index (χ4n) is 1.74. The summed E-state index contributed by atoms with van der Waals surface area (Å²) in [5.41, 5.74) is -1.68. The van der Waals surface area contributed by atoms with Crippen LogP contribution in [0.5, 0.6) is 0 Å². The summed E-state index contributed by atoms with van der Waals surface area (Å²) in [5, 5.41) is -0.101. The van der Waals surface area contributed by atoms with Crippen molar-refractivity contribution in [1.82, 2.24) is 0 Å². The molecule has 0 bridgehead atoms. The summed E-state index contributed by atoms with van der Waals surface area (Å²) in [7, 11) is -2.21. The van der Waals surface area contributed by atoms with Gasteiger partial charge in [0.1, 0.15) is 0 Å². The molecule has 0 heterocycles. The summed E-state index contributed by atoms with van der Waals surface area (Å²) in [6.45, 7) is 13.5. The number of halogens is 3. The first kappa shape index (κ1) is 15.8. The summed E-state index contributed by atoms with van der Waals surface area (Å²) < 4.78 is 45.2. The van der Waals surface area contributed by atoms with E-state index in [0.717, 1.165) is 0 Å². The second-order valence-electron chi connectivity index (χ2n) is 6.69. The lowest BCUT2D eigenvalue weighted by Crippen LogP contribution is -2.48. The highest BCUT2D eigenvalue weighted by Gasteiger charge is 2.67. The molecule has 0 aromatic carbocycles. The van der Waals surface area contributed by atoms with Gasteiger partial charge in [-0.2, -0.15) is 13.2 Å². The molecule has 0 aromatic rings. The van der Waals surface area contributed by atoms with Gasteiger partial charge in [0.25, 0.3) is 0 Å². The highest BCUT2D eigenvalue weighted by Crippen LogP contribution is 2.61. The Morgan fingerprint density at radius 2 is 1.67 bits per heavy atom. The normalized spacial score (nSPS) is 21.6. The van der Waals surface area contributed by atoms with Gasteiger partial charge >= 0.3 is 6.18 Å². The predicted molar refractivity (Wildman–Crippen MR) is 70.0 cm³/mol. The maximum absolute atomic E-state index is 13.1. The van der Waals surface area contributed by atoms with Crippen LogP contribution in [0.25, 0.3) is 0 Å². The first-order valence-electron chi connectivity index (χ1n) is 6.24. The van der Waals surface area contributed by atoms with Gasteiger partial charge in [-0.05, 0) is 31.0 Å². The van der Waals surface area contributed by atoms with Crippen LogP contribution in [0.3, 0.4) is 0 Å². The average Bonchev–Trinajstić information content (AvgIpc) is 2.91. The van der Waals surface area contributed by atoms with E-state index < -0.39 is 26.0 Å². The Balaban J connectivity index is 2.92. The molecule has 0 radical (unpaired) electrons. The Labute approximate surface area is 109 Å². The van der Waals surface area contributed by atoms with Crippen LogP contribution in [0.2, 0.25) is 18.1 Å². The molecule has 1 fully saturated rings. The molecule has 0 saturated heterocycles. The molecule has 1 unspecified atom stereocenters. The van der Waals surface area contributed by atoms with Crippen LogP contribution in [0.1, 0.15) is 33.6 Å². The van der Waals surface area contributed by atoms with Gasteiger partial charge in [0.05, 0.1) is 11.5 Å². The summed E-state index contributed by atoms with van der Waals surface area (Å²) in [6, 6.07) is 0. The van der Waals surface area contributed by atoms with Crippen molar-refractivity contribution in [3.05, 3.63) is 12.7 Å². The molecule has 0 spiro atoms. The average molecular weight is 280 g/mol. The van der Waals surface area contributed by atoms with Crippen molar-refractivity contribution in [2.75, 3.05) is 0 Å². The van der Waals surface area contributed by atoms with Crippen LogP contribution < -0.4 is 0 Å². The van der Waals surface area contributed by atoms with Crippen molar-refractivity contribution in [3.63, 3.8) is 0 Å². The fraction of sp³-hybridized carbons (Fsp3) is 0.846. The molecule has 106 valence electrons. The largest absolute Gasteiger partial charge is 0.410 e. The van der Waals surface area contributed by atoms with E-state index in [1.165, 1.54) is 6.08 Å². The van der Waals surface area contributed by atoms with Crippen molar-refractivity contribution in [3.8, 4) is 0 Å². The standard InChI is InChI=1S/C13H23F3OSi/c1-7-10(12(8-9-12)13(14,15)16)17-18(5,6)11(2,3)4/h7,10H,1,8-9H2,2-6H3. The molecule has 18 heavy (non-hydrogen) atoms. The van der Waals surface area contributed by atoms with E-state index in [1.54, 1.807) is 0 Å². The van der Waals surface area contributed by atoms with Crippen molar-refractivity contribution < 1.29 is 17.6 Å². The molecule has 5 heteroatoms. The van der Waals surface area contributed by atoms with Crippen LogP contribution >= 0.6 is 0 Å². The summed E-state index contributed by atoms with van der Waals surface area (Å²) in [5.74, 6) is 0. The van der Waals surface area contributed by atoms with Gasteiger partial charge in [-0.25, -0.2) is 0 Å².